The van der Waals surface area contributed by atoms with E-state index in [1.807, 2.05) is 45.0 Å². The fourth-order valence-electron chi connectivity index (χ4n) is 2.78. The number of carbonyl (C=O) groups excluding carboxylic acids is 1. The summed E-state index contributed by atoms with van der Waals surface area (Å²) in [5.74, 6) is -0.275. The zero-order valence-corrected chi connectivity index (χ0v) is 11.2. The molecule has 0 saturated heterocycles. The second-order valence-electron chi connectivity index (χ2n) is 5.20. The molecule has 0 fully saturated rings. The Labute approximate surface area is 108 Å². The van der Waals surface area contributed by atoms with Crippen molar-refractivity contribution in [1.29, 1.82) is 0 Å². The third-order valence-electron chi connectivity index (χ3n) is 3.88. The van der Waals surface area contributed by atoms with Gasteiger partial charge in [-0.25, -0.2) is 0 Å². The van der Waals surface area contributed by atoms with E-state index in [0.717, 1.165) is 29.5 Å². The van der Waals surface area contributed by atoms with Crippen molar-refractivity contribution < 1.29 is 9.90 Å². The fourth-order valence-corrected chi connectivity index (χ4v) is 2.78. The summed E-state index contributed by atoms with van der Waals surface area (Å²) in [4.78, 5) is 12.0. The highest BCUT2D eigenvalue weighted by atomic mass is 16.3. The number of carbonyl (C=O) groups is 1. The van der Waals surface area contributed by atoms with Gasteiger partial charge in [0.05, 0.1) is 5.92 Å². The number of benzene rings is 1. The molecule has 0 unspecified atom stereocenters. The van der Waals surface area contributed by atoms with Gasteiger partial charge in [0, 0.05) is 0 Å². The number of hydrogen-bond donors (Lipinski definition) is 1. The first-order valence-corrected chi connectivity index (χ1v) is 6.52. The summed E-state index contributed by atoms with van der Waals surface area (Å²) >= 11 is 0. The van der Waals surface area contributed by atoms with Crippen LogP contribution >= 0.6 is 0 Å². The van der Waals surface area contributed by atoms with Gasteiger partial charge < -0.3 is 5.11 Å². The molecule has 0 saturated carbocycles. The molecular weight excluding hydrogens is 224 g/mol. The van der Waals surface area contributed by atoms with Crippen LogP contribution < -0.4 is 0 Å². The molecule has 2 heteroatoms. The van der Waals surface area contributed by atoms with Gasteiger partial charge >= 0.3 is 0 Å². The van der Waals surface area contributed by atoms with Crippen LogP contribution in [0.3, 0.4) is 0 Å². The molecule has 0 aromatic heterocycles. The van der Waals surface area contributed by atoms with Crippen molar-refractivity contribution in [3.8, 4) is 0 Å². The summed E-state index contributed by atoms with van der Waals surface area (Å²) in [6, 6.07) is 7.81. The largest absolute Gasteiger partial charge is 0.380 e. The molecule has 1 aromatic carbocycles. The minimum absolute atomic E-state index is 0.0532. The van der Waals surface area contributed by atoms with Crippen molar-refractivity contribution >= 4 is 5.78 Å². The third kappa shape index (κ3) is 1.91. The van der Waals surface area contributed by atoms with E-state index in [1.165, 1.54) is 0 Å². The van der Waals surface area contributed by atoms with Crippen molar-refractivity contribution in [2.45, 2.75) is 39.2 Å². The number of hydrogen-bond acceptors (Lipinski definition) is 2. The topological polar surface area (TPSA) is 37.3 Å². The summed E-state index contributed by atoms with van der Waals surface area (Å²) in [5, 5.41) is 11.0. The van der Waals surface area contributed by atoms with E-state index in [-0.39, 0.29) is 11.7 Å². The third-order valence-corrected chi connectivity index (χ3v) is 3.88. The average molecular weight is 244 g/mol. The summed E-state index contributed by atoms with van der Waals surface area (Å²) < 4.78 is 0. The average Bonchev–Trinajstić information content (AvgIpc) is 2.55. The van der Waals surface area contributed by atoms with Crippen LogP contribution in [0.15, 0.2) is 35.9 Å². The van der Waals surface area contributed by atoms with E-state index < -0.39 is 5.60 Å². The molecule has 0 amide bonds. The first-order valence-electron chi connectivity index (χ1n) is 6.52. The molecule has 1 aliphatic rings. The first-order chi connectivity index (χ1) is 8.50. The van der Waals surface area contributed by atoms with E-state index in [2.05, 4.69) is 0 Å². The molecule has 96 valence electrons. The van der Waals surface area contributed by atoms with Crippen LogP contribution in [0.5, 0.6) is 0 Å². The van der Waals surface area contributed by atoms with Crippen LogP contribution in [0.2, 0.25) is 0 Å². The molecule has 0 radical (unpaired) electrons. The van der Waals surface area contributed by atoms with Gasteiger partial charge in [0.15, 0.2) is 5.78 Å². The lowest BCUT2D eigenvalue weighted by Crippen LogP contribution is -2.35. The van der Waals surface area contributed by atoms with Gasteiger partial charge in [-0.15, -0.1) is 0 Å². The highest BCUT2D eigenvalue weighted by Gasteiger charge is 2.47. The van der Waals surface area contributed by atoms with Crippen molar-refractivity contribution in [3.05, 3.63) is 47.0 Å². The van der Waals surface area contributed by atoms with E-state index in [4.69, 9.17) is 0 Å². The lowest BCUT2D eigenvalue weighted by atomic mass is 9.77. The number of aliphatic hydroxyl groups is 1. The molecular formula is C16H20O2. The van der Waals surface area contributed by atoms with E-state index in [0.29, 0.717) is 0 Å². The van der Waals surface area contributed by atoms with Gasteiger partial charge in [-0.05, 0) is 37.5 Å². The van der Waals surface area contributed by atoms with Crippen LogP contribution in [0.25, 0.3) is 0 Å². The lowest BCUT2D eigenvalue weighted by Gasteiger charge is -2.32. The minimum atomic E-state index is -1.11. The smallest absolute Gasteiger partial charge is 0.162 e. The monoisotopic (exact) mass is 244 g/mol. The van der Waals surface area contributed by atoms with Gasteiger partial charge in [0.1, 0.15) is 5.60 Å². The van der Waals surface area contributed by atoms with E-state index in [9.17, 15) is 9.90 Å². The number of ketones is 1. The molecule has 1 aliphatic carbocycles. The molecule has 0 spiro atoms. The van der Waals surface area contributed by atoms with Crippen LogP contribution in [-0.2, 0) is 10.4 Å². The number of allylic oxidation sites excluding steroid dienone is 1. The second-order valence-corrected chi connectivity index (χ2v) is 5.20. The number of aryl methyl sites for hydroxylation is 1. The highest BCUT2D eigenvalue weighted by Crippen LogP contribution is 2.44. The molecule has 1 aromatic rings. The molecule has 18 heavy (non-hydrogen) atoms. The van der Waals surface area contributed by atoms with Crippen LogP contribution in [0.1, 0.15) is 37.8 Å². The van der Waals surface area contributed by atoms with E-state index in [1.54, 1.807) is 6.08 Å². The van der Waals surface area contributed by atoms with Crippen molar-refractivity contribution in [3.63, 3.8) is 0 Å². The Balaban J connectivity index is 2.46. The molecule has 1 N–H and O–H groups in total. The highest BCUT2D eigenvalue weighted by molar-refractivity contribution is 5.97. The molecule has 2 atom stereocenters. The maximum Gasteiger partial charge on any atom is 0.162 e. The summed E-state index contributed by atoms with van der Waals surface area (Å²) in [6.07, 6.45) is 3.21. The molecule has 2 rings (SSSR count). The Bertz CT molecular complexity index is 484. The zero-order chi connectivity index (χ0) is 13.3. The second kappa shape index (κ2) is 4.69. The number of rotatable bonds is 3. The fraction of sp³-hybridized carbons (Fsp3) is 0.438. The lowest BCUT2D eigenvalue weighted by molar-refractivity contribution is -0.123. The Morgan fingerprint density at radius 2 is 1.83 bits per heavy atom. The summed E-state index contributed by atoms with van der Waals surface area (Å²) in [7, 11) is 0. The Morgan fingerprint density at radius 3 is 2.39 bits per heavy atom. The predicted octanol–water partition coefficient (Wildman–Crippen LogP) is 3.13. The maximum atomic E-state index is 12.0. The zero-order valence-electron chi connectivity index (χ0n) is 11.2. The standard InChI is InChI=1S/C16H20O2/c1-4-5-14-15(17)10-12(3)16(14,18)13-8-6-11(2)7-9-13/h6-10,14,18H,4-5H2,1-3H3/t14-,16+/m0/s1. The Hall–Kier alpha value is -1.41. The summed E-state index contributed by atoms with van der Waals surface area (Å²) in [6.45, 7) is 5.89. The molecule has 0 heterocycles. The van der Waals surface area contributed by atoms with Crippen molar-refractivity contribution in [2.75, 3.05) is 0 Å². The van der Waals surface area contributed by atoms with Gasteiger partial charge in [0.25, 0.3) is 0 Å². The maximum absolute atomic E-state index is 12.0. The first kappa shape index (κ1) is 13.0. The van der Waals surface area contributed by atoms with Gasteiger partial charge in [0.2, 0.25) is 0 Å². The summed E-state index contributed by atoms with van der Waals surface area (Å²) in [5.41, 5.74) is 1.63. The molecule has 0 bridgehead atoms. The van der Waals surface area contributed by atoms with Crippen LogP contribution in [0, 0.1) is 12.8 Å². The predicted molar refractivity (Wildman–Crippen MR) is 72.2 cm³/mol. The SMILES string of the molecule is CCC[C@H]1C(=O)C=C(C)[C@@]1(O)c1ccc(C)cc1. The van der Waals surface area contributed by atoms with Crippen molar-refractivity contribution in [2.24, 2.45) is 5.92 Å². The quantitative estimate of drug-likeness (QED) is 0.887. The van der Waals surface area contributed by atoms with Gasteiger partial charge in [-0.2, -0.15) is 0 Å². The Morgan fingerprint density at radius 1 is 1.22 bits per heavy atom. The van der Waals surface area contributed by atoms with Gasteiger partial charge in [-0.1, -0.05) is 43.2 Å². The van der Waals surface area contributed by atoms with Crippen molar-refractivity contribution in [1.82, 2.24) is 0 Å². The van der Waals surface area contributed by atoms with Gasteiger partial charge in [-0.3, -0.25) is 4.79 Å². The molecule has 0 aliphatic heterocycles. The van der Waals surface area contributed by atoms with Crippen LogP contribution in [0.4, 0.5) is 0 Å². The minimum Gasteiger partial charge on any atom is -0.380 e. The van der Waals surface area contributed by atoms with Crippen LogP contribution in [-0.4, -0.2) is 10.9 Å². The normalized spacial score (nSPS) is 27.4. The molecule has 2 nitrogen and oxygen atoms in total. The Kier molecular flexibility index (Phi) is 3.40. The van der Waals surface area contributed by atoms with E-state index >= 15 is 0 Å².